The summed E-state index contributed by atoms with van der Waals surface area (Å²) in [5, 5.41) is 6.12. The number of aryl methyl sites for hydroxylation is 1. The number of rotatable bonds is 4. The molecule has 3 aromatic rings. The SMILES string of the molecule is Cc1cc(F)cc(F)c1NC(=O)c1nnsc1S(=O)(=O)c1ccc(Cl)cc1. The van der Waals surface area contributed by atoms with Crippen LogP contribution in [0, 0.1) is 18.6 Å². The number of anilines is 1. The van der Waals surface area contributed by atoms with E-state index in [1.165, 1.54) is 31.2 Å². The van der Waals surface area contributed by atoms with Crippen molar-refractivity contribution in [2.45, 2.75) is 16.0 Å². The van der Waals surface area contributed by atoms with Crippen LogP contribution in [0.15, 0.2) is 45.5 Å². The minimum absolute atomic E-state index is 0.101. The van der Waals surface area contributed by atoms with Gasteiger partial charge in [-0.25, -0.2) is 17.2 Å². The van der Waals surface area contributed by atoms with Crippen molar-refractivity contribution in [1.29, 1.82) is 0 Å². The van der Waals surface area contributed by atoms with Gasteiger partial charge < -0.3 is 5.32 Å². The van der Waals surface area contributed by atoms with Gasteiger partial charge in [-0.3, -0.25) is 4.79 Å². The van der Waals surface area contributed by atoms with Crippen LogP contribution in [-0.4, -0.2) is 23.9 Å². The van der Waals surface area contributed by atoms with Gasteiger partial charge >= 0.3 is 0 Å². The summed E-state index contributed by atoms with van der Waals surface area (Å²) in [6, 6.07) is 6.97. The van der Waals surface area contributed by atoms with Crippen LogP contribution >= 0.6 is 23.1 Å². The molecule has 11 heteroatoms. The quantitative estimate of drug-likeness (QED) is 0.680. The Balaban J connectivity index is 1.98. The first-order valence-electron chi connectivity index (χ1n) is 7.30. The summed E-state index contributed by atoms with van der Waals surface area (Å²) >= 11 is 6.26. The molecule has 140 valence electrons. The van der Waals surface area contributed by atoms with Crippen molar-refractivity contribution in [3.63, 3.8) is 0 Å². The molecule has 3 rings (SSSR count). The Bertz CT molecular complexity index is 1110. The number of nitrogens with zero attached hydrogens (tertiary/aromatic N) is 2. The number of amides is 1. The van der Waals surface area contributed by atoms with Crippen LogP contribution in [-0.2, 0) is 9.84 Å². The molecule has 1 heterocycles. The molecule has 0 radical (unpaired) electrons. The molecule has 0 fully saturated rings. The predicted octanol–water partition coefficient (Wildman–Crippen LogP) is 3.86. The largest absolute Gasteiger partial charge is 0.318 e. The van der Waals surface area contributed by atoms with E-state index in [1.54, 1.807) is 0 Å². The molecule has 0 aliphatic heterocycles. The van der Waals surface area contributed by atoms with Gasteiger partial charge in [0.05, 0.1) is 10.6 Å². The summed E-state index contributed by atoms with van der Waals surface area (Å²) in [6.07, 6.45) is 0. The lowest BCUT2D eigenvalue weighted by Crippen LogP contribution is -2.18. The molecule has 1 amide bonds. The first-order chi connectivity index (χ1) is 12.7. The highest BCUT2D eigenvalue weighted by molar-refractivity contribution is 7.93. The molecule has 0 spiro atoms. The summed E-state index contributed by atoms with van der Waals surface area (Å²) in [5.74, 6) is -2.78. The zero-order valence-corrected chi connectivity index (χ0v) is 15.9. The minimum atomic E-state index is -4.09. The first-order valence-corrected chi connectivity index (χ1v) is 9.93. The molecular formula is C16H10ClF2N3O3S2. The third kappa shape index (κ3) is 3.82. The van der Waals surface area contributed by atoms with Crippen LogP contribution in [0.1, 0.15) is 16.1 Å². The Morgan fingerprint density at radius 2 is 1.85 bits per heavy atom. The number of sulfone groups is 1. The number of carbonyl (C=O) groups excluding carboxylic acids is 1. The lowest BCUT2D eigenvalue weighted by atomic mass is 10.2. The summed E-state index contributed by atoms with van der Waals surface area (Å²) in [7, 11) is -4.09. The van der Waals surface area contributed by atoms with Gasteiger partial charge in [0.15, 0.2) is 9.90 Å². The molecule has 0 bridgehead atoms. The standard InChI is InChI=1S/C16H10ClF2N3O3S2/c1-8-6-10(18)7-12(19)13(8)20-15(23)14-16(26-22-21-14)27(24,25)11-4-2-9(17)3-5-11/h2-7H,1H3,(H,20,23). The average Bonchev–Trinajstić information content (AvgIpc) is 3.09. The summed E-state index contributed by atoms with van der Waals surface area (Å²) in [5.41, 5.74) is -0.631. The van der Waals surface area contributed by atoms with Gasteiger partial charge in [-0.05, 0) is 42.8 Å². The van der Waals surface area contributed by atoms with E-state index in [-0.39, 0.29) is 16.1 Å². The zero-order valence-electron chi connectivity index (χ0n) is 13.5. The maximum Gasteiger partial charge on any atom is 0.278 e. The number of halogens is 3. The van der Waals surface area contributed by atoms with E-state index in [1.807, 2.05) is 0 Å². The topological polar surface area (TPSA) is 89.0 Å². The summed E-state index contributed by atoms with van der Waals surface area (Å²) < 4.78 is 55.7. The Morgan fingerprint density at radius 1 is 1.19 bits per heavy atom. The number of nitrogens with one attached hydrogen (secondary N) is 1. The third-order valence-electron chi connectivity index (χ3n) is 3.53. The minimum Gasteiger partial charge on any atom is -0.318 e. The van der Waals surface area contributed by atoms with E-state index in [2.05, 4.69) is 14.9 Å². The van der Waals surface area contributed by atoms with Crippen molar-refractivity contribution < 1.29 is 22.0 Å². The molecule has 0 aliphatic rings. The van der Waals surface area contributed by atoms with Crippen molar-refractivity contribution in [2.75, 3.05) is 5.32 Å². The van der Waals surface area contributed by atoms with Crippen LogP contribution in [0.4, 0.5) is 14.5 Å². The van der Waals surface area contributed by atoms with Gasteiger partial charge in [-0.2, -0.15) is 0 Å². The Kier molecular flexibility index (Phi) is 5.22. The van der Waals surface area contributed by atoms with Gasteiger partial charge in [-0.1, -0.05) is 16.1 Å². The van der Waals surface area contributed by atoms with Crippen LogP contribution in [0.25, 0.3) is 0 Å². The van der Waals surface area contributed by atoms with Crippen molar-refractivity contribution in [1.82, 2.24) is 9.59 Å². The second-order valence-corrected chi connectivity index (χ2v) is 8.74. The van der Waals surface area contributed by atoms with E-state index in [4.69, 9.17) is 11.6 Å². The highest BCUT2D eigenvalue weighted by atomic mass is 35.5. The molecule has 0 unspecified atom stereocenters. The molecule has 0 atom stereocenters. The lowest BCUT2D eigenvalue weighted by Gasteiger charge is -2.09. The molecule has 2 aromatic carbocycles. The van der Waals surface area contributed by atoms with Gasteiger partial charge in [0.2, 0.25) is 9.84 Å². The fourth-order valence-electron chi connectivity index (χ4n) is 2.25. The number of hydrogen-bond donors (Lipinski definition) is 1. The molecule has 0 saturated heterocycles. The zero-order chi connectivity index (χ0) is 19.8. The van der Waals surface area contributed by atoms with Crippen molar-refractivity contribution in [3.8, 4) is 0 Å². The monoisotopic (exact) mass is 429 g/mol. The first kappa shape index (κ1) is 19.3. The molecule has 27 heavy (non-hydrogen) atoms. The third-order valence-corrected chi connectivity index (χ3v) is 6.76. The van der Waals surface area contributed by atoms with E-state index in [9.17, 15) is 22.0 Å². The molecule has 0 saturated carbocycles. The molecule has 1 aromatic heterocycles. The summed E-state index contributed by atoms with van der Waals surface area (Å²) in [6.45, 7) is 1.40. The van der Waals surface area contributed by atoms with Crippen LogP contribution in [0.3, 0.4) is 0 Å². The Labute approximate surface area is 161 Å². The Morgan fingerprint density at radius 3 is 2.48 bits per heavy atom. The van der Waals surface area contributed by atoms with Crippen molar-refractivity contribution >= 4 is 44.6 Å². The van der Waals surface area contributed by atoms with Gasteiger partial charge in [-0.15, -0.1) is 5.10 Å². The Hall–Kier alpha value is -2.43. The van der Waals surface area contributed by atoms with E-state index < -0.39 is 37.3 Å². The van der Waals surface area contributed by atoms with E-state index in [0.29, 0.717) is 22.6 Å². The fourth-order valence-corrected chi connectivity index (χ4v) is 4.67. The summed E-state index contributed by atoms with van der Waals surface area (Å²) in [4.78, 5) is 12.4. The maximum atomic E-state index is 13.9. The number of aromatic nitrogens is 2. The molecular weight excluding hydrogens is 420 g/mol. The fraction of sp³-hybridized carbons (Fsp3) is 0.0625. The molecule has 1 N–H and O–H groups in total. The molecule has 0 aliphatic carbocycles. The van der Waals surface area contributed by atoms with E-state index in [0.717, 1.165) is 6.07 Å². The normalized spacial score (nSPS) is 11.4. The lowest BCUT2D eigenvalue weighted by molar-refractivity contribution is 0.101. The maximum absolute atomic E-state index is 13.9. The smallest absolute Gasteiger partial charge is 0.278 e. The van der Waals surface area contributed by atoms with Crippen LogP contribution < -0.4 is 5.32 Å². The van der Waals surface area contributed by atoms with Gasteiger partial charge in [0.25, 0.3) is 5.91 Å². The second-order valence-electron chi connectivity index (χ2n) is 5.40. The predicted molar refractivity (Wildman–Crippen MR) is 95.9 cm³/mol. The number of hydrogen-bond acceptors (Lipinski definition) is 6. The second kappa shape index (κ2) is 7.29. The average molecular weight is 430 g/mol. The van der Waals surface area contributed by atoms with Crippen molar-refractivity contribution in [3.05, 3.63) is 64.3 Å². The van der Waals surface area contributed by atoms with Gasteiger partial charge in [0, 0.05) is 22.6 Å². The molecule has 6 nitrogen and oxygen atoms in total. The highest BCUT2D eigenvalue weighted by Gasteiger charge is 2.29. The van der Waals surface area contributed by atoms with Gasteiger partial charge in [0.1, 0.15) is 11.6 Å². The highest BCUT2D eigenvalue weighted by Crippen LogP contribution is 2.28. The number of carbonyl (C=O) groups is 1. The van der Waals surface area contributed by atoms with Crippen LogP contribution in [0.5, 0.6) is 0 Å². The van der Waals surface area contributed by atoms with E-state index >= 15 is 0 Å². The number of benzene rings is 2. The van der Waals surface area contributed by atoms with Crippen molar-refractivity contribution in [2.24, 2.45) is 0 Å². The van der Waals surface area contributed by atoms with Crippen LogP contribution in [0.2, 0.25) is 5.02 Å².